The Bertz CT molecular complexity index is 334. The predicted molar refractivity (Wildman–Crippen MR) is 64.8 cm³/mol. The van der Waals surface area contributed by atoms with Crippen molar-refractivity contribution in [3.05, 3.63) is 12.2 Å². The van der Waals surface area contributed by atoms with Crippen LogP contribution < -0.4 is 0 Å². The van der Waals surface area contributed by atoms with Gasteiger partial charge in [-0.2, -0.15) is 5.10 Å². The van der Waals surface area contributed by atoms with Gasteiger partial charge in [-0.3, -0.25) is 14.1 Å². The topological polar surface area (TPSA) is 118 Å². The van der Waals surface area contributed by atoms with Gasteiger partial charge in [-0.25, -0.2) is 9.55 Å². The summed E-state index contributed by atoms with van der Waals surface area (Å²) in [4.78, 5) is 12.5. The lowest BCUT2D eigenvalue weighted by Crippen LogP contribution is -2.05. The second-order valence-corrected chi connectivity index (χ2v) is 4.74. The fourth-order valence-corrected chi connectivity index (χ4v) is 1.70. The predicted octanol–water partition coefficient (Wildman–Crippen LogP) is 0.888. The third-order valence-corrected chi connectivity index (χ3v) is 2.71. The van der Waals surface area contributed by atoms with Crippen LogP contribution in [0.4, 0.5) is 0 Å². The molecule has 8 nitrogen and oxygen atoms in total. The fourth-order valence-electron chi connectivity index (χ4n) is 0.973. The molecule has 18 heavy (non-hydrogen) atoms. The van der Waals surface area contributed by atoms with Crippen LogP contribution in [0.1, 0.15) is 26.6 Å². The molecule has 0 aliphatic rings. The molecule has 0 spiro atoms. The van der Waals surface area contributed by atoms with Crippen molar-refractivity contribution in [1.82, 2.24) is 15.2 Å². The van der Waals surface area contributed by atoms with Gasteiger partial charge in [0.15, 0.2) is 0 Å². The highest BCUT2D eigenvalue weighted by Crippen LogP contribution is 2.42. The molecule has 3 N–H and O–H groups in total. The van der Waals surface area contributed by atoms with Crippen molar-refractivity contribution < 1.29 is 23.6 Å². The number of nitrogens with zero attached hydrogens (tertiary/aromatic N) is 2. The van der Waals surface area contributed by atoms with E-state index in [4.69, 9.17) is 10.00 Å². The molecule has 0 saturated heterocycles. The zero-order chi connectivity index (χ0) is 14.0. The third-order valence-electron chi connectivity index (χ3n) is 1.54. The number of aliphatic hydroxyl groups is 1. The molecule has 0 fully saturated rings. The molecule has 0 saturated carbocycles. The molecule has 1 atom stereocenters. The van der Waals surface area contributed by atoms with Gasteiger partial charge in [0.2, 0.25) is 0 Å². The highest BCUT2D eigenvalue weighted by molar-refractivity contribution is 7.47. The van der Waals surface area contributed by atoms with Gasteiger partial charge in [-0.05, 0) is 20.8 Å². The van der Waals surface area contributed by atoms with E-state index in [0.29, 0.717) is 6.42 Å². The molecule has 1 heterocycles. The smallest absolute Gasteiger partial charge is 0.393 e. The van der Waals surface area contributed by atoms with Crippen LogP contribution >= 0.6 is 7.82 Å². The molecule has 0 aliphatic heterocycles. The molecule has 1 aromatic rings. The van der Waals surface area contributed by atoms with Crippen LogP contribution in [0.2, 0.25) is 0 Å². The molecule has 0 radical (unpaired) electrons. The Morgan fingerprint density at radius 1 is 1.44 bits per heavy atom. The molecule has 9 heteroatoms. The quantitative estimate of drug-likeness (QED) is 0.662. The number of hydrogen-bond donors (Lipinski definition) is 3. The van der Waals surface area contributed by atoms with Crippen molar-refractivity contribution in [2.75, 3.05) is 13.2 Å². The SMILES string of the molecule is CC(O)Cc1ncn[nH]1.CCOP(=O)(O)OCC. The van der Waals surface area contributed by atoms with Crippen molar-refractivity contribution in [1.29, 1.82) is 0 Å². The van der Waals surface area contributed by atoms with Crippen molar-refractivity contribution in [3.63, 3.8) is 0 Å². The number of phosphoric ester groups is 1. The van der Waals surface area contributed by atoms with E-state index in [1.54, 1.807) is 20.8 Å². The number of aliphatic hydroxyl groups excluding tert-OH is 1. The van der Waals surface area contributed by atoms with Gasteiger partial charge >= 0.3 is 7.82 Å². The zero-order valence-corrected chi connectivity index (χ0v) is 11.6. The lowest BCUT2D eigenvalue weighted by molar-refractivity contribution is 0.161. The molecule has 1 aromatic heterocycles. The Hall–Kier alpha value is -0.790. The minimum Gasteiger partial charge on any atom is -0.393 e. The average Bonchev–Trinajstić information content (AvgIpc) is 2.69. The monoisotopic (exact) mass is 281 g/mol. The Kier molecular flexibility index (Phi) is 8.78. The summed E-state index contributed by atoms with van der Waals surface area (Å²) in [5.74, 6) is 0.727. The van der Waals surface area contributed by atoms with E-state index >= 15 is 0 Å². The molecule has 0 bridgehead atoms. The molecule has 1 unspecified atom stereocenters. The van der Waals surface area contributed by atoms with Crippen LogP contribution in [0.3, 0.4) is 0 Å². The summed E-state index contributed by atoms with van der Waals surface area (Å²) in [7, 11) is -3.69. The van der Waals surface area contributed by atoms with Gasteiger partial charge in [-0.1, -0.05) is 0 Å². The number of hydrogen-bond acceptors (Lipinski definition) is 6. The van der Waals surface area contributed by atoms with Gasteiger partial charge in [0.1, 0.15) is 12.2 Å². The number of rotatable bonds is 6. The van der Waals surface area contributed by atoms with Gasteiger partial charge in [0.05, 0.1) is 19.3 Å². The summed E-state index contributed by atoms with van der Waals surface area (Å²) in [6.07, 6.45) is 1.62. The summed E-state index contributed by atoms with van der Waals surface area (Å²) in [6.45, 7) is 5.34. The van der Waals surface area contributed by atoms with Crippen LogP contribution in [0.15, 0.2) is 6.33 Å². The van der Waals surface area contributed by atoms with E-state index in [9.17, 15) is 4.57 Å². The second kappa shape index (κ2) is 9.18. The summed E-state index contributed by atoms with van der Waals surface area (Å²) >= 11 is 0. The van der Waals surface area contributed by atoms with E-state index in [1.165, 1.54) is 6.33 Å². The maximum Gasteiger partial charge on any atom is 0.472 e. The van der Waals surface area contributed by atoms with Crippen LogP contribution in [0, 0.1) is 0 Å². The van der Waals surface area contributed by atoms with E-state index < -0.39 is 7.82 Å². The Labute approximate surface area is 106 Å². The molecular formula is C9H20N3O5P. The summed E-state index contributed by atoms with van der Waals surface area (Å²) in [5.41, 5.74) is 0. The minimum absolute atomic E-state index is 0.188. The highest BCUT2D eigenvalue weighted by Gasteiger charge is 2.17. The first-order valence-corrected chi connectivity index (χ1v) is 7.05. The molecule has 0 amide bonds. The van der Waals surface area contributed by atoms with Crippen molar-refractivity contribution >= 4 is 7.82 Å². The van der Waals surface area contributed by atoms with Gasteiger partial charge < -0.3 is 10.00 Å². The number of aromatic amines is 1. The van der Waals surface area contributed by atoms with E-state index in [-0.39, 0.29) is 19.3 Å². The van der Waals surface area contributed by atoms with E-state index in [2.05, 4.69) is 24.2 Å². The molecule has 0 aromatic carbocycles. The first-order chi connectivity index (χ1) is 8.41. The average molecular weight is 281 g/mol. The largest absolute Gasteiger partial charge is 0.472 e. The third kappa shape index (κ3) is 9.26. The van der Waals surface area contributed by atoms with E-state index in [0.717, 1.165) is 5.82 Å². The van der Waals surface area contributed by atoms with Crippen molar-refractivity contribution in [2.24, 2.45) is 0 Å². The van der Waals surface area contributed by atoms with Gasteiger partial charge in [-0.15, -0.1) is 0 Å². The number of phosphoric acid groups is 1. The maximum atomic E-state index is 10.5. The Morgan fingerprint density at radius 3 is 2.33 bits per heavy atom. The van der Waals surface area contributed by atoms with E-state index in [1.807, 2.05) is 0 Å². The van der Waals surface area contributed by atoms with Crippen LogP contribution in [-0.4, -0.2) is 44.5 Å². The Morgan fingerprint density at radius 2 is 2.00 bits per heavy atom. The number of nitrogens with one attached hydrogen (secondary N) is 1. The van der Waals surface area contributed by atoms with Gasteiger partial charge in [0, 0.05) is 6.42 Å². The van der Waals surface area contributed by atoms with Crippen LogP contribution in [0.25, 0.3) is 0 Å². The zero-order valence-electron chi connectivity index (χ0n) is 10.7. The maximum absolute atomic E-state index is 10.5. The number of H-pyrrole nitrogens is 1. The Balaban J connectivity index is 0.000000321. The molecular weight excluding hydrogens is 261 g/mol. The fraction of sp³-hybridized carbons (Fsp3) is 0.778. The molecule has 1 rings (SSSR count). The lowest BCUT2D eigenvalue weighted by Gasteiger charge is -2.07. The summed E-state index contributed by atoms with van der Waals surface area (Å²) in [6, 6.07) is 0. The summed E-state index contributed by atoms with van der Waals surface area (Å²) < 4.78 is 19.2. The molecule has 0 aliphatic carbocycles. The summed E-state index contributed by atoms with van der Waals surface area (Å²) in [5, 5.41) is 15.1. The standard InChI is InChI=1S/C5H9N3O.C4H11O4P/c1-4(9)2-5-6-3-7-8-5;1-3-7-9(5,6)8-4-2/h3-4,9H,2H2,1H3,(H,6,7,8);3-4H2,1-2H3,(H,5,6). The molecule has 106 valence electrons. The number of aromatic nitrogens is 3. The van der Waals surface area contributed by atoms with Crippen molar-refractivity contribution in [3.8, 4) is 0 Å². The van der Waals surface area contributed by atoms with Crippen molar-refractivity contribution in [2.45, 2.75) is 33.3 Å². The highest BCUT2D eigenvalue weighted by atomic mass is 31.2. The van der Waals surface area contributed by atoms with Gasteiger partial charge in [0.25, 0.3) is 0 Å². The first-order valence-electron chi connectivity index (χ1n) is 5.55. The lowest BCUT2D eigenvalue weighted by atomic mass is 10.3. The first kappa shape index (κ1) is 17.2. The van der Waals surface area contributed by atoms with Crippen LogP contribution in [0.5, 0.6) is 0 Å². The second-order valence-electron chi connectivity index (χ2n) is 3.29. The normalized spacial score (nSPS) is 12.7. The van der Waals surface area contributed by atoms with Crippen LogP contribution in [-0.2, 0) is 20.0 Å². The minimum atomic E-state index is -3.69.